The van der Waals surface area contributed by atoms with Crippen LogP contribution >= 0.6 is 0 Å². The van der Waals surface area contributed by atoms with Gasteiger partial charge in [-0.1, -0.05) is 42.1 Å². The van der Waals surface area contributed by atoms with Crippen LogP contribution in [-0.4, -0.2) is 31.5 Å². The fourth-order valence-corrected chi connectivity index (χ4v) is 5.37. The number of carbonyl (C=O) groups excluding carboxylic acids is 1. The molecule has 4 rings (SSSR count). The van der Waals surface area contributed by atoms with Crippen LogP contribution in [0.2, 0.25) is 0 Å². The monoisotopic (exact) mass is 468 g/mol. The van der Waals surface area contributed by atoms with E-state index in [1.807, 2.05) is 6.92 Å². The Morgan fingerprint density at radius 3 is 2.21 bits per heavy atom. The maximum absolute atomic E-state index is 13.1. The van der Waals surface area contributed by atoms with E-state index < -0.39 is 15.6 Å². The fourth-order valence-electron chi connectivity index (χ4n) is 4.17. The number of hydrogen-bond donors (Lipinski definition) is 1. The zero-order chi connectivity index (χ0) is 23.6. The molecule has 174 valence electrons. The Morgan fingerprint density at radius 2 is 1.64 bits per heavy atom. The lowest BCUT2D eigenvalue weighted by Crippen LogP contribution is -2.48. The highest BCUT2D eigenvalue weighted by molar-refractivity contribution is 7.92. The van der Waals surface area contributed by atoms with Gasteiger partial charge in [-0.3, -0.25) is 9.10 Å². The molecule has 8 nitrogen and oxygen atoms in total. The Labute approximate surface area is 194 Å². The van der Waals surface area contributed by atoms with Gasteiger partial charge in [0.2, 0.25) is 5.89 Å². The van der Waals surface area contributed by atoms with Crippen molar-refractivity contribution in [1.82, 2.24) is 15.5 Å². The molecule has 1 aliphatic carbocycles. The van der Waals surface area contributed by atoms with Crippen molar-refractivity contribution in [2.24, 2.45) is 0 Å². The number of carbonyl (C=O) groups is 1. The van der Waals surface area contributed by atoms with Gasteiger partial charge in [0.25, 0.3) is 15.9 Å². The number of anilines is 1. The molecule has 0 radical (unpaired) electrons. The molecule has 1 heterocycles. The highest BCUT2D eigenvalue weighted by Crippen LogP contribution is 2.36. The average Bonchev–Trinajstić information content (AvgIpc) is 3.26. The van der Waals surface area contributed by atoms with E-state index in [-0.39, 0.29) is 10.8 Å². The van der Waals surface area contributed by atoms with Gasteiger partial charge in [0.05, 0.1) is 10.6 Å². The van der Waals surface area contributed by atoms with Gasteiger partial charge in [-0.2, -0.15) is 4.98 Å². The Kier molecular flexibility index (Phi) is 6.25. The first kappa shape index (κ1) is 23.0. The van der Waals surface area contributed by atoms with Gasteiger partial charge in [0.15, 0.2) is 5.82 Å². The number of sulfonamides is 1. The summed E-state index contributed by atoms with van der Waals surface area (Å²) in [6.45, 7) is 3.63. The van der Waals surface area contributed by atoms with Gasteiger partial charge in [-0.15, -0.1) is 0 Å². The third-order valence-corrected chi connectivity index (χ3v) is 7.99. The van der Waals surface area contributed by atoms with Crippen LogP contribution in [0.5, 0.6) is 0 Å². The van der Waals surface area contributed by atoms with Crippen LogP contribution in [0.25, 0.3) is 0 Å². The van der Waals surface area contributed by atoms with Gasteiger partial charge >= 0.3 is 0 Å². The summed E-state index contributed by atoms with van der Waals surface area (Å²) in [5.41, 5.74) is 1.23. The van der Waals surface area contributed by atoms with E-state index in [0.29, 0.717) is 23.0 Å². The number of hydrogen-bond acceptors (Lipinski definition) is 6. The van der Waals surface area contributed by atoms with Crippen molar-refractivity contribution in [3.8, 4) is 0 Å². The predicted molar refractivity (Wildman–Crippen MR) is 124 cm³/mol. The largest absolute Gasteiger partial charge is 0.340 e. The summed E-state index contributed by atoms with van der Waals surface area (Å²) in [4.78, 5) is 17.7. The molecule has 1 N–H and O–H groups in total. The normalized spacial score (nSPS) is 15.7. The first-order chi connectivity index (χ1) is 15.7. The third-order valence-electron chi connectivity index (χ3n) is 6.19. The molecule has 1 amide bonds. The van der Waals surface area contributed by atoms with Crippen molar-refractivity contribution in [3.63, 3.8) is 0 Å². The van der Waals surface area contributed by atoms with E-state index in [9.17, 15) is 13.2 Å². The van der Waals surface area contributed by atoms with Crippen molar-refractivity contribution in [2.45, 2.75) is 56.4 Å². The number of benzene rings is 2. The first-order valence-electron chi connectivity index (χ1n) is 11.0. The van der Waals surface area contributed by atoms with Gasteiger partial charge < -0.3 is 9.84 Å². The van der Waals surface area contributed by atoms with Crippen LogP contribution < -0.4 is 9.62 Å². The quantitative estimate of drug-likeness (QED) is 0.584. The number of rotatable bonds is 6. The second-order valence-electron chi connectivity index (χ2n) is 8.57. The fraction of sp³-hybridized carbons (Fsp3) is 0.375. The summed E-state index contributed by atoms with van der Waals surface area (Å²) >= 11 is 0. The lowest BCUT2D eigenvalue weighted by molar-refractivity contribution is 0.0855. The van der Waals surface area contributed by atoms with Crippen LogP contribution in [0, 0.1) is 13.8 Å². The zero-order valence-corrected chi connectivity index (χ0v) is 19.9. The molecule has 0 aliphatic heterocycles. The van der Waals surface area contributed by atoms with Crippen molar-refractivity contribution < 1.29 is 17.7 Å². The standard InChI is InChI=1S/C24H28N4O4S/c1-17-7-13-21(14-8-17)33(30,31)28(3)20-11-9-19(10-12-20)22(29)26-24(15-5-4-6-16-24)23-25-18(2)32-27-23/h7-14H,4-6,15-16H2,1-3H3,(H,26,29). The van der Waals surface area contributed by atoms with Gasteiger partial charge in [0.1, 0.15) is 5.54 Å². The third kappa shape index (κ3) is 4.64. The molecule has 0 spiro atoms. The van der Waals surface area contributed by atoms with Crippen LogP contribution in [0.1, 0.15) is 59.7 Å². The Balaban J connectivity index is 1.53. The first-order valence-corrected chi connectivity index (χ1v) is 12.4. The molecule has 1 aliphatic rings. The van der Waals surface area contributed by atoms with Crippen LogP contribution in [-0.2, 0) is 15.6 Å². The maximum atomic E-state index is 13.1. The molecule has 0 bridgehead atoms. The lowest BCUT2D eigenvalue weighted by atomic mass is 9.80. The zero-order valence-electron chi connectivity index (χ0n) is 19.0. The molecule has 2 aromatic carbocycles. The average molecular weight is 469 g/mol. The predicted octanol–water partition coefficient (Wildman–Crippen LogP) is 4.10. The summed E-state index contributed by atoms with van der Waals surface area (Å²) in [5, 5.41) is 7.22. The molecule has 1 fully saturated rings. The molecular formula is C24H28N4O4S. The Bertz CT molecular complexity index is 1230. The van der Waals surface area contributed by atoms with Crippen molar-refractivity contribution in [1.29, 1.82) is 0 Å². The van der Waals surface area contributed by atoms with Crippen LogP contribution in [0.4, 0.5) is 5.69 Å². The smallest absolute Gasteiger partial charge is 0.264 e. The van der Waals surface area contributed by atoms with Crippen LogP contribution in [0.3, 0.4) is 0 Å². The van der Waals surface area contributed by atoms with Crippen LogP contribution in [0.15, 0.2) is 57.9 Å². The molecule has 0 saturated heterocycles. The second-order valence-corrected chi connectivity index (χ2v) is 10.5. The summed E-state index contributed by atoms with van der Waals surface area (Å²) < 4.78 is 32.3. The number of nitrogens with one attached hydrogen (secondary N) is 1. The molecule has 0 unspecified atom stereocenters. The minimum atomic E-state index is -3.70. The van der Waals surface area contributed by atoms with Gasteiger partial charge in [-0.05, 0) is 56.2 Å². The lowest BCUT2D eigenvalue weighted by Gasteiger charge is -2.35. The summed E-state index contributed by atoms with van der Waals surface area (Å²) in [6, 6.07) is 13.2. The van der Waals surface area contributed by atoms with Gasteiger partial charge in [0, 0.05) is 19.5 Å². The van der Waals surface area contributed by atoms with Crippen molar-refractivity contribution >= 4 is 21.6 Å². The molecule has 9 heteroatoms. The van der Waals surface area contributed by atoms with E-state index in [2.05, 4.69) is 15.5 Å². The molecule has 0 atom stereocenters. The second kappa shape index (κ2) is 8.97. The van der Waals surface area contributed by atoms with E-state index in [1.54, 1.807) is 55.5 Å². The highest BCUT2D eigenvalue weighted by atomic mass is 32.2. The summed E-state index contributed by atoms with van der Waals surface area (Å²) in [5.74, 6) is 0.718. The Morgan fingerprint density at radius 1 is 1.00 bits per heavy atom. The SMILES string of the molecule is Cc1ccc(S(=O)(=O)N(C)c2ccc(C(=O)NC3(c4noc(C)n4)CCCCC3)cc2)cc1. The molecule has 33 heavy (non-hydrogen) atoms. The number of nitrogens with zero attached hydrogens (tertiary/aromatic N) is 3. The van der Waals surface area contributed by atoms with E-state index in [4.69, 9.17) is 4.52 Å². The molecule has 1 saturated carbocycles. The van der Waals surface area contributed by atoms with Crippen molar-refractivity contribution in [3.05, 3.63) is 71.4 Å². The number of aryl methyl sites for hydroxylation is 2. The molecule has 1 aromatic heterocycles. The van der Waals surface area contributed by atoms with E-state index in [0.717, 1.165) is 37.7 Å². The molecular weight excluding hydrogens is 440 g/mol. The van der Waals surface area contributed by atoms with Crippen molar-refractivity contribution in [2.75, 3.05) is 11.4 Å². The minimum Gasteiger partial charge on any atom is -0.340 e. The Hall–Kier alpha value is -3.20. The molecule has 3 aromatic rings. The highest BCUT2D eigenvalue weighted by Gasteiger charge is 2.39. The van der Waals surface area contributed by atoms with E-state index in [1.165, 1.54) is 11.4 Å². The summed E-state index contributed by atoms with van der Waals surface area (Å²) in [6.07, 6.45) is 4.52. The number of aromatic nitrogens is 2. The summed E-state index contributed by atoms with van der Waals surface area (Å²) in [7, 11) is -2.20. The topological polar surface area (TPSA) is 105 Å². The maximum Gasteiger partial charge on any atom is 0.264 e. The van der Waals surface area contributed by atoms with Gasteiger partial charge in [-0.25, -0.2) is 8.42 Å². The minimum absolute atomic E-state index is 0.215. The van der Waals surface area contributed by atoms with E-state index >= 15 is 0 Å². The number of amides is 1.